The van der Waals surface area contributed by atoms with Crippen LogP contribution in [0.2, 0.25) is 0 Å². The van der Waals surface area contributed by atoms with E-state index in [1.165, 1.54) is 17.0 Å². The summed E-state index contributed by atoms with van der Waals surface area (Å²) >= 11 is 3.46. The second-order valence-electron chi connectivity index (χ2n) is 11.1. The van der Waals surface area contributed by atoms with E-state index in [-0.39, 0.29) is 29.8 Å². The number of sulfonamides is 1. The fraction of sp³-hybridized carbons (Fsp3) is 0.257. The molecular weight excluding hydrogens is 638 g/mol. The highest BCUT2D eigenvalue weighted by molar-refractivity contribution is 9.10. The zero-order valence-electron chi connectivity index (χ0n) is 25.4. The van der Waals surface area contributed by atoms with Crippen LogP contribution in [0.5, 0.6) is 0 Å². The third-order valence-corrected chi connectivity index (χ3v) is 9.50. The predicted molar refractivity (Wildman–Crippen MR) is 179 cm³/mol. The van der Waals surface area contributed by atoms with Crippen LogP contribution >= 0.6 is 15.9 Å². The summed E-state index contributed by atoms with van der Waals surface area (Å²) in [5.74, 6) is -0.800. The number of benzene rings is 4. The Bertz CT molecular complexity index is 1680. The van der Waals surface area contributed by atoms with Gasteiger partial charge in [-0.25, -0.2) is 8.42 Å². The summed E-state index contributed by atoms with van der Waals surface area (Å²) in [4.78, 5) is 29.9. The summed E-state index contributed by atoms with van der Waals surface area (Å²) in [6.07, 6.45) is 0.261. The van der Waals surface area contributed by atoms with E-state index >= 15 is 0 Å². The van der Waals surface area contributed by atoms with Gasteiger partial charge in [-0.2, -0.15) is 0 Å². The van der Waals surface area contributed by atoms with Crippen molar-refractivity contribution in [2.45, 2.75) is 57.6 Å². The number of carbonyl (C=O) groups excluding carboxylic acids is 2. The Kier molecular flexibility index (Phi) is 11.0. The maximum Gasteiger partial charge on any atom is 0.264 e. The van der Waals surface area contributed by atoms with Gasteiger partial charge in [-0.1, -0.05) is 94.3 Å². The van der Waals surface area contributed by atoms with Crippen molar-refractivity contribution in [3.8, 4) is 0 Å². The van der Waals surface area contributed by atoms with Gasteiger partial charge in [-0.3, -0.25) is 13.9 Å². The molecule has 0 bridgehead atoms. The molecule has 9 heteroatoms. The van der Waals surface area contributed by atoms with E-state index in [1.54, 1.807) is 24.3 Å². The number of amides is 2. The first kappa shape index (κ1) is 33.0. The largest absolute Gasteiger partial charge is 0.352 e. The van der Waals surface area contributed by atoms with Gasteiger partial charge < -0.3 is 10.2 Å². The number of carbonyl (C=O) groups is 2. The standard InChI is InChI=1S/C35H38BrN3O4S/c1-25(2)37-35(41)33(22-28-11-7-5-8-12-28)38(23-29-16-18-30(36)19-17-29)34(40)24-39(32-20-15-26(3)21-27(32)4)44(42,43)31-13-9-6-10-14-31/h5-21,25,33H,22-24H2,1-4H3,(H,37,41). The van der Waals surface area contributed by atoms with Crippen LogP contribution in [-0.2, 0) is 32.6 Å². The van der Waals surface area contributed by atoms with Crippen molar-refractivity contribution in [2.24, 2.45) is 0 Å². The van der Waals surface area contributed by atoms with E-state index in [1.807, 2.05) is 94.4 Å². The number of hydrogen-bond acceptors (Lipinski definition) is 4. The zero-order valence-corrected chi connectivity index (χ0v) is 27.8. The first-order valence-corrected chi connectivity index (χ1v) is 16.7. The van der Waals surface area contributed by atoms with Crippen LogP contribution in [0, 0.1) is 13.8 Å². The second kappa shape index (κ2) is 14.7. The summed E-state index contributed by atoms with van der Waals surface area (Å²) in [6, 6.07) is 29.5. The van der Waals surface area contributed by atoms with Crippen molar-refractivity contribution in [1.29, 1.82) is 0 Å². The molecule has 1 N–H and O–H groups in total. The highest BCUT2D eigenvalue weighted by Crippen LogP contribution is 2.28. The van der Waals surface area contributed by atoms with Gasteiger partial charge in [0.1, 0.15) is 12.6 Å². The summed E-state index contributed by atoms with van der Waals surface area (Å²) < 4.78 is 30.3. The van der Waals surface area contributed by atoms with Gasteiger partial charge >= 0.3 is 0 Å². The molecule has 2 amide bonds. The average molecular weight is 677 g/mol. The fourth-order valence-electron chi connectivity index (χ4n) is 5.04. The van der Waals surface area contributed by atoms with Crippen molar-refractivity contribution in [1.82, 2.24) is 10.2 Å². The van der Waals surface area contributed by atoms with Gasteiger partial charge in [-0.15, -0.1) is 0 Å². The molecule has 0 aliphatic carbocycles. The molecule has 0 aromatic heterocycles. The number of aryl methyl sites for hydroxylation is 2. The first-order valence-electron chi connectivity index (χ1n) is 14.5. The monoisotopic (exact) mass is 675 g/mol. The van der Waals surface area contributed by atoms with Crippen molar-refractivity contribution >= 4 is 43.5 Å². The summed E-state index contributed by atoms with van der Waals surface area (Å²) in [7, 11) is -4.14. The predicted octanol–water partition coefficient (Wildman–Crippen LogP) is 6.43. The maximum atomic E-state index is 14.5. The van der Waals surface area contributed by atoms with Crippen molar-refractivity contribution in [2.75, 3.05) is 10.8 Å². The van der Waals surface area contributed by atoms with Gasteiger partial charge in [0.25, 0.3) is 10.0 Å². The molecule has 230 valence electrons. The van der Waals surface area contributed by atoms with Gasteiger partial charge in [0.05, 0.1) is 10.6 Å². The van der Waals surface area contributed by atoms with Crippen LogP contribution in [0.25, 0.3) is 0 Å². The molecule has 1 unspecified atom stereocenters. The first-order chi connectivity index (χ1) is 21.0. The number of hydrogen-bond donors (Lipinski definition) is 1. The molecule has 44 heavy (non-hydrogen) atoms. The van der Waals surface area contributed by atoms with Crippen LogP contribution in [0.1, 0.15) is 36.1 Å². The number of nitrogens with one attached hydrogen (secondary N) is 1. The molecule has 4 aromatic rings. The lowest BCUT2D eigenvalue weighted by Crippen LogP contribution is -2.54. The molecule has 0 aliphatic heterocycles. The van der Waals surface area contributed by atoms with Gasteiger partial charge in [0.15, 0.2) is 0 Å². The Morgan fingerprint density at radius 2 is 1.43 bits per heavy atom. The summed E-state index contributed by atoms with van der Waals surface area (Å²) in [5.41, 5.74) is 3.78. The van der Waals surface area contributed by atoms with Gasteiger partial charge in [0.2, 0.25) is 11.8 Å². The van der Waals surface area contributed by atoms with E-state index < -0.39 is 28.5 Å². The van der Waals surface area contributed by atoms with E-state index in [2.05, 4.69) is 21.2 Å². The minimum atomic E-state index is -4.14. The van der Waals surface area contributed by atoms with Crippen molar-refractivity contribution in [3.05, 3.63) is 130 Å². The van der Waals surface area contributed by atoms with Crippen LogP contribution in [0.3, 0.4) is 0 Å². The van der Waals surface area contributed by atoms with E-state index in [0.29, 0.717) is 5.69 Å². The molecule has 0 heterocycles. The molecular formula is C35H38BrN3O4S. The maximum absolute atomic E-state index is 14.5. The molecule has 7 nitrogen and oxygen atoms in total. The van der Waals surface area contributed by atoms with Gasteiger partial charge in [-0.05, 0) is 74.7 Å². The van der Waals surface area contributed by atoms with Crippen LogP contribution in [0.4, 0.5) is 5.69 Å². The minimum Gasteiger partial charge on any atom is -0.352 e. The second-order valence-corrected chi connectivity index (χ2v) is 13.9. The highest BCUT2D eigenvalue weighted by Gasteiger charge is 2.35. The Morgan fingerprint density at radius 3 is 2.02 bits per heavy atom. The van der Waals surface area contributed by atoms with E-state index in [4.69, 9.17) is 0 Å². The van der Waals surface area contributed by atoms with Crippen LogP contribution in [-0.4, -0.2) is 43.8 Å². The lowest BCUT2D eigenvalue weighted by Gasteiger charge is -2.34. The molecule has 4 aromatic carbocycles. The number of rotatable bonds is 12. The molecule has 0 aliphatic rings. The Balaban J connectivity index is 1.82. The quantitative estimate of drug-likeness (QED) is 0.188. The Labute approximate surface area is 269 Å². The lowest BCUT2D eigenvalue weighted by molar-refractivity contribution is -0.140. The zero-order chi connectivity index (χ0) is 31.9. The van der Waals surface area contributed by atoms with Crippen LogP contribution < -0.4 is 9.62 Å². The topological polar surface area (TPSA) is 86.8 Å². The molecule has 1 atom stereocenters. The molecule has 4 rings (SSSR count). The highest BCUT2D eigenvalue weighted by atomic mass is 79.9. The minimum absolute atomic E-state index is 0.0746. The van der Waals surface area contributed by atoms with Crippen molar-refractivity contribution in [3.63, 3.8) is 0 Å². The van der Waals surface area contributed by atoms with Crippen LogP contribution in [0.15, 0.2) is 112 Å². The van der Waals surface area contributed by atoms with E-state index in [9.17, 15) is 18.0 Å². The lowest BCUT2D eigenvalue weighted by atomic mass is 10.0. The van der Waals surface area contributed by atoms with E-state index in [0.717, 1.165) is 31.0 Å². The third kappa shape index (κ3) is 8.36. The third-order valence-electron chi connectivity index (χ3n) is 7.20. The molecule has 0 saturated heterocycles. The molecule has 0 radical (unpaired) electrons. The summed E-state index contributed by atoms with van der Waals surface area (Å²) in [6.45, 7) is 7.12. The fourth-order valence-corrected chi connectivity index (χ4v) is 6.80. The molecule has 0 saturated carbocycles. The normalized spacial score (nSPS) is 12.0. The SMILES string of the molecule is Cc1ccc(N(CC(=O)N(Cc2ccc(Br)cc2)C(Cc2ccccc2)C(=O)NC(C)C)S(=O)(=O)c2ccccc2)c(C)c1. The smallest absolute Gasteiger partial charge is 0.264 e. The number of anilines is 1. The van der Waals surface area contributed by atoms with Gasteiger partial charge in [0, 0.05) is 23.5 Å². The average Bonchev–Trinajstić information content (AvgIpc) is 2.99. The molecule has 0 spiro atoms. The number of halogens is 1. The summed E-state index contributed by atoms with van der Waals surface area (Å²) in [5, 5.41) is 2.98. The number of nitrogens with zero attached hydrogens (tertiary/aromatic N) is 2. The molecule has 0 fully saturated rings. The Hall–Kier alpha value is -3.95. The Morgan fingerprint density at radius 1 is 0.818 bits per heavy atom. The van der Waals surface area contributed by atoms with Crippen molar-refractivity contribution < 1.29 is 18.0 Å².